The maximum absolute atomic E-state index is 13.6. The van der Waals surface area contributed by atoms with Crippen LogP contribution < -0.4 is 11.1 Å². The molecule has 0 atom stereocenters. The van der Waals surface area contributed by atoms with Crippen LogP contribution in [0, 0.1) is 11.2 Å². The van der Waals surface area contributed by atoms with Crippen LogP contribution >= 0.6 is 0 Å². The Balaban J connectivity index is 1.78. The molecule has 0 saturated carbocycles. The van der Waals surface area contributed by atoms with Crippen molar-refractivity contribution in [1.82, 2.24) is 4.90 Å². The minimum absolute atomic E-state index is 0.0451. The smallest absolute Gasteiger partial charge is 0.225 e. The lowest BCUT2D eigenvalue weighted by atomic mass is 9.77. The molecule has 23 heavy (non-hydrogen) atoms. The predicted molar refractivity (Wildman–Crippen MR) is 89.5 cm³/mol. The van der Waals surface area contributed by atoms with Crippen molar-refractivity contribution in [2.45, 2.75) is 32.6 Å². The Kier molecular flexibility index (Phi) is 5.96. The summed E-state index contributed by atoms with van der Waals surface area (Å²) in [6.45, 7) is 4.75. The van der Waals surface area contributed by atoms with Crippen molar-refractivity contribution < 1.29 is 14.3 Å². The minimum Gasteiger partial charge on any atom is -0.399 e. The van der Waals surface area contributed by atoms with Crippen LogP contribution in [0.15, 0.2) is 18.2 Å². The largest absolute Gasteiger partial charge is 0.399 e. The van der Waals surface area contributed by atoms with E-state index < -0.39 is 5.82 Å². The number of carbonyl (C=O) groups is 1. The number of hydrogen-bond acceptors (Lipinski definition) is 4. The summed E-state index contributed by atoms with van der Waals surface area (Å²) in [5, 5.41) is 12.1. The third kappa shape index (κ3) is 4.65. The van der Waals surface area contributed by atoms with E-state index in [9.17, 15) is 14.3 Å². The molecule has 2 rings (SSSR count). The van der Waals surface area contributed by atoms with E-state index in [2.05, 4.69) is 17.1 Å². The summed E-state index contributed by atoms with van der Waals surface area (Å²) >= 11 is 0. The van der Waals surface area contributed by atoms with Crippen LogP contribution in [-0.2, 0) is 4.79 Å². The van der Waals surface area contributed by atoms with Gasteiger partial charge in [-0.2, -0.15) is 0 Å². The number of nitrogens with two attached hydrogens (primary N) is 1. The van der Waals surface area contributed by atoms with Crippen LogP contribution in [0.4, 0.5) is 15.8 Å². The second kappa shape index (κ2) is 7.75. The Bertz CT molecular complexity index is 537. The second-order valence-corrected chi connectivity index (χ2v) is 6.39. The molecule has 0 aromatic heterocycles. The molecule has 1 aliphatic rings. The average molecular weight is 323 g/mol. The molecular formula is C17H26FN3O2. The number of nitrogen functional groups attached to an aromatic ring is 1. The number of nitrogens with zero attached hydrogens (tertiary/aromatic N) is 1. The quantitative estimate of drug-likeness (QED) is 0.702. The van der Waals surface area contributed by atoms with Crippen LogP contribution in [0.5, 0.6) is 0 Å². The first-order valence-corrected chi connectivity index (χ1v) is 8.16. The molecule has 128 valence electrons. The number of aliphatic hydroxyl groups is 1. The zero-order valence-corrected chi connectivity index (χ0v) is 13.6. The zero-order chi connectivity index (χ0) is 16.9. The molecular weight excluding hydrogens is 297 g/mol. The van der Waals surface area contributed by atoms with Gasteiger partial charge in [0.05, 0.1) is 5.69 Å². The number of amides is 1. The van der Waals surface area contributed by atoms with Crippen molar-refractivity contribution in [3.8, 4) is 0 Å². The highest BCUT2D eigenvalue weighted by molar-refractivity contribution is 5.91. The van der Waals surface area contributed by atoms with Gasteiger partial charge in [0.2, 0.25) is 5.91 Å². The van der Waals surface area contributed by atoms with Gasteiger partial charge in [0.15, 0.2) is 0 Å². The lowest BCUT2D eigenvalue weighted by molar-refractivity contribution is -0.116. The average Bonchev–Trinajstić information content (AvgIpc) is 2.57. The standard InChI is InChI=1S/C17H26FN3O2/c1-2-17(12-22)6-9-21(10-7-17)8-5-16(23)20-15-11-13(19)3-4-14(15)18/h3-4,11,22H,2,5-10,12,19H2,1H3,(H,20,23). The van der Waals surface area contributed by atoms with Gasteiger partial charge < -0.3 is 21.1 Å². The van der Waals surface area contributed by atoms with Crippen LogP contribution in [-0.4, -0.2) is 42.2 Å². The molecule has 0 unspecified atom stereocenters. The van der Waals surface area contributed by atoms with Gasteiger partial charge in [0, 0.05) is 25.3 Å². The number of benzene rings is 1. The zero-order valence-electron chi connectivity index (χ0n) is 13.6. The number of rotatable bonds is 6. The van der Waals surface area contributed by atoms with Gasteiger partial charge in [-0.15, -0.1) is 0 Å². The Labute approximate surface area is 136 Å². The SMILES string of the molecule is CCC1(CO)CCN(CCC(=O)Nc2cc(N)ccc2F)CC1. The van der Waals surface area contributed by atoms with Crippen molar-refractivity contribution in [2.75, 3.05) is 37.3 Å². The van der Waals surface area contributed by atoms with Crippen molar-refractivity contribution in [3.63, 3.8) is 0 Å². The summed E-state index contributed by atoms with van der Waals surface area (Å²) in [6.07, 6.45) is 3.19. The third-order valence-electron chi connectivity index (χ3n) is 4.92. The van der Waals surface area contributed by atoms with Crippen molar-refractivity contribution in [2.24, 2.45) is 5.41 Å². The lowest BCUT2D eigenvalue weighted by Crippen LogP contribution is -2.42. The number of carbonyl (C=O) groups excluding carboxylic acids is 1. The number of halogens is 1. The van der Waals surface area contributed by atoms with Crippen LogP contribution in [0.2, 0.25) is 0 Å². The highest BCUT2D eigenvalue weighted by atomic mass is 19.1. The Hall–Kier alpha value is -1.66. The Morgan fingerprint density at radius 2 is 2.13 bits per heavy atom. The van der Waals surface area contributed by atoms with E-state index in [4.69, 9.17) is 5.73 Å². The summed E-state index contributed by atoms with van der Waals surface area (Å²) in [5.41, 5.74) is 6.18. The van der Waals surface area contributed by atoms with E-state index in [1.807, 2.05) is 0 Å². The highest BCUT2D eigenvalue weighted by Gasteiger charge is 2.32. The van der Waals surface area contributed by atoms with Crippen LogP contribution in [0.1, 0.15) is 32.6 Å². The first-order valence-electron chi connectivity index (χ1n) is 8.16. The molecule has 1 fully saturated rings. The number of hydrogen-bond donors (Lipinski definition) is 3. The molecule has 0 spiro atoms. The number of nitrogens with one attached hydrogen (secondary N) is 1. The van der Waals surface area contributed by atoms with Gasteiger partial charge in [-0.25, -0.2) is 4.39 Å². The van der Waals surface area contributed by atoms with Gasteiger partial charge >= 0.3 is 0 Å². The Morgan fingerprint density at radius 1 is 1.43 bits per heavy atom. The van der Waals surface area contributed by atoms with E-state index in [1.54, 1.807) is 0 Å². The van der Waals surface area contributed by atoms with E-state index in [-0.39, 0.29) is 23.6 Å². The monoisotopic (exact) mass is 323 g/mol. The maximum atomic E-state index is 13.6. The Morgan fingerprint density at radius 3 is 2.74 bits per heavy atom. The molecule has 1 amide bonds. The van der Waals surface area contributed by atoms with Gasteiger partial charge in [-0.1, -0.05) is 6.92 Å². The van der Waals surface area contributed by atoms with Crippen LogP contribution in [0.3, 0.4) is 0 Å². The second-order valence-electron chi connectivity index (χ2n) is 6.39. The van der Waals surface area contributed by atoms with Gasteiger partial charge in [-0.3, -0.25) is 4.79 Å². The number of likely N-dealkylation sites (tertiary alicyclic amines) is 1. The molecule has 1 aliphatic heterocycles. The van der Waals surface area contributed by atoms with E-state index in [0.717, 1.165) is 32.4 Å². The predicted octanol–water partition coefficient (Wildman–Crippen LogP) is 2.22. The van der Waals surface area contributed by atoms with Gasteiger partial charge in [-0.05, 0) is 56.0 Å². The topological polar surface area (TPSA) is 78.6 Å². The first kappa shape index (κ1) is 17.7. The highest BCUT2D eigenvalue weighted by Crippen LogP contribution is 2.34. The molecule has 5 nitrogen and oxygen atoms in total. The minimum atomic E-state index is -0.485. The van der Waals surface area contributed by atoms with E-state index in [0.29, 0.717) is 18.7 Å². The molecule has 4 N–H and O–H groups in total. The summed E-state index contributed by atoms with van der Waals surface area (Å²) < 4.78 is 13.6. The molecule has 0 radical (unpaired) electrons. The normalized spacial score (nSPS) is 17.9. The molecule has 0 bridgehead atoms. The summed E-state index contributed by atoms with van der Waals surface area (Å²) in [6, 6.07) is 4.12. The van der Waals surface area contributed by atoms with Crippen molar-refractivity contribution >= 4 is 17.3 Å². The number of piperidine rings is 1. The maximum Gasteiger partial charge on any atom is 0.225 e. The third-order valence-corrected chi connectivity index (χ3v) is 4.92. The number of aliphatic hydroxyl groups excluding tert-OH is 1. The van der Waals surface area contributed by atoms with Crippen LogP contribution in [0.25, 0.3) is 0 Å². The summed E-state index contributed by atoms with van der Waals surface area (Å²) in [5.74, 6) is -0.704. The molecule has 1 heterocycles. The van der Waals surface area contributed by atoms with Crippen molar-refractivity contribution in [3.05, 3.63) is 24.0 Å². The number of anilines is 2. The molecule has 1 saturated heterocycles. The van der Waals surface area contributed by atoms with E-state index in [1.165, 1.54) is 18.2 Å². The molecule has 0 aliphatic carbocycles. The van der Waals surface area contributed by atoms with Gasteiger partial charge in [0.1, 0.15) is 5.82 Å². The fourth-order valence-corrected chi connectivity index (χ4v) is 2.99. The van der Waals surface area contributed by atoms with Crippen molar-refractivity contribution in [1.29, 1.82) is 0 Å². The summed E-state index contributed by atoms with van der Waals surface area (Å²) in [4.78, 5) is 14.2. The van der Waals surface area contributed by atoms with Gasteiger partial charge in [0.25, 0.3) is 0 Å². The molecule has 1 aromatic rings. The first-order chi connectivity index (χ1) is 11.0. The molecule has 1 aromatic carbocycles. The molecule has 6 heteroatoms. The fraction of sp³-hybridized carbons (Fsp3) is 0.588. The lowest BCUT2D eigenvalue weighted by Gasteiger charge is -2.40. The fourth-order valence-electron chi connectivity index (χ4n) is 2.99. The van der Waals surface area contributed by atoms with E-state index >= 15 is 0 Å². The summed E-state index contributed by atoms with van der Waals surface area (Å²) in [7, 11) is 0.